The lowest BCUT2D eigenvalue weighted by atomic mass is 10.1. The third kappa shape index (κ3) is 3.46. The van der Waals surface area contributed by atoms with Crippen LogP contribution in [0.1, 0.15) is 0 Å². The molecule has 25 heavy (non-hydrogen) atoms. The van der Waals surface area contributed by atoms with E-state index in [0.717, 1.165) is 6.07 Å². The molecule has 0 saturated carbocycles. The Hall–Kier alpha value is -2.92. The van der Waals surface area contributed by atoms with Crippen LogP contribution in [-0.2, 0) is 0 Å². The third-order valence-corrected chi connectivity index (χ3v) is 3.62. The average molecular weight is 342 g/mol. The van der Waals surface area contributed by atoms with Crippen LogP contribution < -0.4 is 10.5 Å². The first-order valence-electron chi connectivity index (χ1n) is 7.20. The Bertz CT molecular complexity index is 943. The van der Waals surface area contributed by atoms with Gasteiger partial charge in [-0.1, -0.05) is 24.3 Å². The number of hydrogen-bond acceptors (Lipinski definition) is 7. The molecule has 2 unspecified atom stereocenters. The molecule has 0 fully saturated rings. The van der Waals surface area contributed by atoms with Gasteiger partial charge in [0.1, 0.15) is 5.75 Å². The minimum Gasteiger partial charge on any atom is -0.595 e. The summed E-state index contributed by atoms with van der Waals surface area (Å²) in [5.74, 6) is 0.103. The zero-order valence-electron chi connectivity index (χ0n) is 12.7. The smallest absolute Gasteiger partial charge is 0.197 e. The highest BCUT2D eigenvalue weighted by Crippen LogP contribution is 2.34. The molecule has 0 aromatic heterocycles. The Kier molecular flexibility index (Phi) is 4.67. The number of phenols is 1. The van der Waals surface area contributed by atoms with Gasteiger partial charge in [-0.15, -0.1) is 10.2 Å². The van der Waals surface area contributed by atoms with Crippen molar-refractivity contribution in [3.8, 4) is 5.75 Å². The Morgan fingerprint density at radius 2 is 1.40 bits per heavy atom. The summed E-state index contributed by atoms with van der Waals surface area (Å²) in [6, 6.07) is 13.7. The van der Waals surface area contributed by atoms with Gasteiger partial charge in [-0.2, -0.15) is 10.5 Å². The average Bonchev–Trinajstić information content (AvgIpc) is 2.61. The van der Waals surface area contributed by atoms with Crippen molar-refractivity contribution < 1.29 is 26.0 Å². The van der Waals surface area contributed by atoms with Crippen LogP contribution in [0.15, 0.2) is 64.8 Å². The number of phenolic OH excluding ortho intramolecular Hbond substituents is 1. The molecule has 2 atom stereocenters. The van der Waals surface area contributed by atoms with Crippen molar-refractivity contribution in [2.24, 2.45) is 10.2 Å². The maximum absolute atomic E-state index is 11.3. The van der Waals surface area contributed by atoms with Gasteiger partial charge in [0.2, 0.25) is 0 Å². The fourth-order valence-corrected chi connectivity index (χ4v) is 2.39. The van der Waals surface area contributed by atoms with Gasteiger partial charge in [-0.05, 0) is 18.2 Å². The molecule has 128 valence electrons. The van der Waals surface area contributed by atoms with Crippen LogP contribution in [0, 0.1) is 10.4 Å². The summed E-state index contributed by atoms with van der Waals surface area (Å²) < 4.78 is 0. The van der Waals surface area contributed by atoms with E-state index in [9.17, 15) is 20.7 Å². The number of azo groups is 1. The van der Waals surface area contributed by atoms with E-state index < -0.39 is 10.5 Å². The summed E-state index contributed by atoms with van der Waals surface area (Å²) >= 11 is 0. The number of hydrogen-bond donors (Lipinski definition) is 5. The molecule has 3 aromatic carbocycles. The molecule has 0 aliphatic rings. The van der Waals surface area contributed by atoms with Gasteiger partial charge in [0.05, 0.1) is 11.8 Å². The van der Waals surface area contributed by atoms with Crippen molar-refractivity contribution in [3.63, 3.8) is 0 Å². The molecule has 0 aliphatic carbocycles. The molecule has 0 aliphatic heterocycles. The molecule has 0 saturated heterocycles. The molecule has 9 heteroatoms. The summed E-state index contributed by atoms with van der Waals surface area (Å²) in [6.45, 7) is 0. The highest BCUT2D eigenvalue weighted by Gasteiger charge is 2.14. The zero-order valence-corrected chi connectivity index (χ0v) is 12.7. The second kappa shape index (κ2) is 6.91. The third-order valence-electron chi connectivity index (χ3n) is 3.62. The van der Waals surface area contributed by atoms with Crippen molar-refractivity contribution in [3.05, 3.63) is 65.0 Å². The fraction of sp³-hybridized carbons (Fsp3) is 0. The van der Waals surface area contributed by atoms with E-state index in [4.69, 9.17) is 5.21 Å². The lowest BCUT2D eigenvalue weighted by Gasteiger charge is -2.16. The number of quaternary nitrogens is 2. The molecule has 0 radical (unpaired) electrons. The normalized spacial score (nSPS) is 14.1. The lowest BCUT2D eigenvalue weighted by molar-refractivity contribution is -0.996. The molecule has 0 bridgehead atoms. The maximum Gasteiger partial charge on any atom is 0.197 e. The standard InChI is InChI=1S/C16H14N4O5/c21-16-8-7-13(11-3-1-2-4-12(11)16)17-18-14-6-5-10(19(22)23)9-15(14)20(24)25/h1-9,19-22,24H. The van der Waals surface area contributed by atoms with Gasteiger partial charge in [0.15, 0.2) is 17.1 Å². The van der Waals surface area contributed by atoms with Gasteiger partial charge >= 0.3 is 0 Å². The van der Waals surface area contributed by atoms with Gasteiger partial charge in [0.25, 0.3) is 0 Å². The van der Waals surface area contributed by atoms with Crippen LogP contribution in [0.5, 0.6) is 5.75 Å². The van der Waals surface area contributed by atoms with Crippen molar-refractivity contribution >= 4 is 33.5 Å². The predicted molar refractivity (Wildman–Crippen MR) is 87.8 cm³/mol. The van der Waals surface area contributed by atoms with E-state index in [2.05, 4.69) is 10.2 Å². The molecular formula is C16H14N4O5. The van der Waals surface area contributed by atoms with Crippen molar-refractivity contribution in [2.45, 2.75) is 0 Å². The summed E-state index contributed by atoms with van der Waals surface area (Å²) in [7, 11) is 0. The summed E-state index contributed by atoms with van der Waals surface area (Å²) in [6.07, 6.45) is 0. The first-order chi connectivity index (χ1) is 12.0. The van der Waals surface area contributed by atoms with Gasteiger partial charge in [0, 0.05) is 16.8 Å². The molecule has 3 rings (SSSR count). The van der Waals surface area contributed by atoms with Gasteiger partial charge in [-0.25, -0.2) is 10.4 Å². The number of fused-ring (bicyclic) bond motifs is 1. The van der Waals surface area contributed by atoms with E-state index in [0.29, 0.717) is 16.5 Å². The van der Waals surface area contributed by atoms with Crippen molar-refractivity contribution in [2.75, 3.05) is 0 Å². The predicted octanol–water partition coefficient (Wildman–Crippen LogP) is 1.77. The number of aromatic hydroxyl groups is 1. The monoisotopic (exact) mass is 342 g/mol. The largest absolute Gasteiger partial charge is 0.595 e. The van der Waals surface area contributed by atoms with E-state index in [-0.39, 0.29) is 22.8 Å². The Morgan fingerprint density at radius 1 is 0.760 bits per heavy atom. The van der Waals surface area contributed by atoms with Crippen LogP contribution in [0.25, 0.3) is 10.8 Å². The zero-order chi connectivity index (χ0) is 18.0. The second-order valence-corrected chi connectivity index (χ2v) is 5.19. The molecular weight excluding hydrogens is 328 g/mol. The van der Waals surface area contributed by atoms with Crippen LogP contribution in [0.2, 0.25) is 0 Å². The Balaban J connectivity index is 2.04. The van der Waals surface area contributed by atoms with E-state index in [1.165, 1.54) is 18.2 Å². The molecule has 0 amide bonds. The maximum atomic E-state index is 11.3. The first-order valence-corrected chi connectivity index (χ1v) is 7.20. The SMILES string of the molecule is [O-][NH+](O)c1ccc(N=Nc2ccc(O)c3ccccc23)c([NH+]([O-])O)c1. The number of benzene rings is 3. The summed E-state index contributed by atoms with van der Waals surface area (Å²) in [4.78, 5) is 0. The Morgan fingerprint density at radius 3 is 2.08 bits per heavy atom. The molecule has 0 spiro atoms. The van der Waals surface area contributed by atoms with Crippen molar-refractivity contribution in [1.29, 1.82) is 0 Å². The van der Waals surface area contributed by atoms with Crippen LogP contribution in [-0.4, -0.2) is 15.5 Å². The fourth-order valence-electron chi connectivity index (χ4n) is 2.39. The van der Waals surface area contributed by atoms with Crippen LogP contribution in [0.4, 0.5) is 22.7 Å². The highest BCUT2D eigenvalue weighted by atomic mass is 16.8. The first kappa shape index (κ1) is 16.9. The molecule has 5 N–H and O–H groups in total. The molecule has 0 heterocycles. The van der Waals surface area contributed by atoms with Gasteiger partial charge < -0.3 is 15.5 Å². The molecule has 9 nitrogen and oxygen atoms in total. The summed E-state index contributed by atoms with van der Waals surface area (Å²) in [5.41, 5.74) is 0.0832. The van der Waals surface area contributed by atoms with E-state index >= 15 is 0 Å². The van der Waals surface area contributed by atoms with Gasteiger partial charge in [-0.3, -0.25) is 0 Å². The quantitative estimate of drug-likeness (QED) is 0.363. The number of rotatable bonds is 4. The summed E-state index contributed by atoms with van der Waals surface area (Å²) in [5, 5.41) is 57.1. The van der Waals surface area contributed by atoms with Crippen molar-refractivity contribution in [1.82, 2.24) is 0 Å². The van der Waals surface area contributed by atoms with E-state index in [1.54, 1.807) is 30.3 Å². The topological polar surface area (TPSA) is 140 Å². The molecule has 3 aromatic rings. The lowest BCUT2D eigenvalue weighted by Crippen LogP contribution is -3.00. The minimum atomic E-state index is -1.30. The number of nitrogens with zero attached hydrogens (tertiary/aromatic N) is 2. The van der Waals surface area contributed by atoms with Crippen LogP contribution in [0.3, 0.4) is 0 Å². The highest BCUT2D eigenvalue weighted by molar-refractivity contribution is 5.96. The van der Waals surface area contributed by atoms with E-state index in [1.807, 2.05) is 0 Å². The second-order valence-electron chi connectivity index (χ2n) is 5.19. The number of nitrogens with one attached hydrogen (secondary N) is 2. The van der Waals surface area contributed by atoms with Crippen LogP contribution >= 0.6 is 0 Å². The Labute approximate surface area is 141 Å². The minimum absolute atomic E-state index is 0.0367.